The Morgan fingerprint density at radius 3 is 2.70 bits per heavy atom. The van der Waals surface area contributed by atoms with E-state index in [9.17, 15) is 4.79 Å². The molecule has 0 aliphatic rings. The van der Waals surface area contributed by atoms with E-state index in [1.807, 2.05) is 42.5 Å². The zero-order valence-corrected chi connectivity index (χ0v) is 15.9. The molecule has 2 aromatic heterocycles. The van der Waals surface area contributed by atoms with Crippen molar-refractivity contribution in [3.8, 4) is 0 Å². The first kappa shape index (κ1) is 17.4. The van der Waals surface area contributed by atoms with E-state index >= 15 is 0 Å². The Hall–Kier alpha value is -3.06. The fourth-order valence-electron chi connectivity index (χ4n) is 2.73. The SMILES string of the molecule is CC(C)c1nc2ccc(NC(=O)c3ccc(Cn4cncn4)cc3)cc2s1. The number of carbonyl (C=O) groups is 1. The minimum atomic E-state index is -0.129. The average Bonchev–Trinajstić information content (AvgIpc) is 3.31. The number of amides is 1. The number of carbonyl (C=O) groups excluding carboxylic acids is 1. The van der Waals surface area contributed by atoms with Gasteiger partial charge in [0, 0.05) is 17.2 Å². The van der Waals surface area contributed by atoms with Crippen LogP contribution in [0.5, 0.6) is 0 Å². The molecule has 0 aliphatic carbocycles. The summed E-state index contributed by atoms with van der Waals surface area (Å²) in [6.45, 7) is 4.89. The predicted molar refractivity (Wildman–Crippen MR) is 107 cm³/mol. The first-order valence-corrected chi connectivity index (χ1v) is 9.53. The highest BCUT2D eigenvalue weighted by Crippen LogP contribution is 2.29. The van der Waals surface area contributed by atoms with Crippen molar-refractivity contribution in [2.24, 2.45) is 0 Å². The number of hydrogen-bond donors (Lipinski definition) is 1. The second-order valence-corrected chi connectivity index (χ2v) is 7.70. The number of fused-ring (bicyclic) bond motifs is 1. The summed E-state index contributed by atoms with van der Waals surface area (Å²) in [5.74, 6) is 0.270. The molecular weight excluding hydrogens is 358 g/mol. The van der Waals surface area contributed by atoms with Crippen molar-refractivity contribution < 1.29 is 4.79 Å². The number of anilines is 1. The summed E-state index contributed by atoms with van der Waals surface area (Å²) in [7, 11) is 0. The predicted octanol–water partition coefficient (Wildman–Crippen LogP) is 4.31. The van der Waals surface area contributed by atoms with Crippen LogP contribution in [0.15, 0.2) is 55.1 Å². The van der Waals surface area contributed by atoms with E-state index < -0.39 is 0 Å². The highest BCUT2D eigenvalue weighted by molar-refractivity contribution is 7.18. The summed E-state index contributed by atoms with van der Waals surface area (Å²) in [6.07, 6.45) is 3.17. The third-order valence-electron chi connectivity index (χ3n) is 4.18. The molecule has 0 saturated heterocycles. The zero-order valence-electron chi connectivity index (χ0n) is 15.1. The third-order valence-corrected chi connectivity index (χ3v) is 5.50. The van der Waals surface area contributed by atoms with Crippen LogP contribution in [0.1, 0.15) is 40.7 Å². The van der Waals surface area contributed by atoms with Crippen molar-refractivity contribution in [1.82, 2.24) is 19.7 Å². The van der Waals surface area contributed by atoms with Gasteiger partial charge in [-0.3, -0.25) is 4.79 Å². The van der Waals surface area contributed by atoms with Crippen LogP contribution < -0.4 is 5.32 Å². The molecule has 0 fully saturated rings. The van der Waals surface area contributed by atoms with Crippen LogP contribution in [0, 0.1) is 0 Å². The normalized spacial score (nSPS) is 11.2. The number of aromatic nitrogens is 4. The minimum absolute atomic E-state index is 0.129. The molecule has 0 aliphatic heterocycles. The monoisotopic (exact) mass is 377 g/mol. The Kier molecular flexibility index (Phi) is 4.68. The van der Waals surface area contributed by atoms with Gasteiger partial charge in [0.1, 0.15) is 12.7 Å². The summed E-state index contributed by atoms with van der Waals surface area (Å²) in [5, 5.41) is 8.16. The van der Waals surface area contributed by atoms with E-state index in [0.29, 0.717) is 18.0 Å². The van der Waals surface area contributed by atoms with E-state index in [-0.39, 0.29) is 5.91 Å². The van der Waals surface area contributed by atoms with Crippen LogP contribution in [0.3, 0.4) is 0 Å². The van der Waals surface area contributed by atoms with Crippen LogP contribution in [0.2, 0.25) is 0 Å². The van der Waals surface area contributed by atoms with Crippen molar-refractivity contribution in [3.63, 3.8) is 0 Å². The molecule has 136 valence electrons. The number of benzene rings is 2. The fourth-order valence-corrected chi connectivity index (χ4v) is 3.74. The molecule has 0 atom stereocenters. The Bertz CT molecular complexity index is 1070. The molecule has 1 amide bonds. The summed E-state index contributed by atoms with van der Waals surface area (Å²) in [4.78, 5) is 21.1. The van der Waals surface area contributed by atoms with Gasteiger partial charge in [0.25, 0.3) is 5.91 Å². The Balaban J connectivity index is 1.47. The lowest BCUT2D eigenvalue weighted by Crippen LogP contribution is -2.12. The van der Waals surface area contributed by atoms with Crippen molar-refractivity contribution in [2.75, 3.05) is 5.32 Å². The smallest absolute Gasteiger partial charge is 0.255 e. The molecule has 0 radical (unpaired) electrons. The highest BCUT2D eigenvalue weighted by atomic mass is 32.1. The summed E-state index contributed by atoms with van der Waals surface area (Å²) >= 11 is 1.67. The van der Waals surface area contributed by atoms with Crippen LogP contribution in [0.4, 0.5) is 5.69 Å². The third kappa shape index (κ3) is 3.88. The summed E-state index contributed by atoms with van der Waals surface area (Å²) in [6, 6.07) is 13.3. The lowest BCUT2D eigenvalue weighted by Gasteiger charge is -2.06. The maximum absolute atomic E-state index is 12.5. The molecule has 1 N–H and O–H groups in total. The van der Waals surface area contributed by atoms with Gasteiger partial charge in [0.2, 0.25) is 0 Å². The number of rotatable bonds is 5. The van der Waals surface area contributed by atoms with Crippen molar-refractivity contribution >= 4 is 33.1 Å². The quantitative estimate of drug-likeness (QED) is 0.562. The van der Waals surface area contributed by atoms with Gasteiger partial charge in [-0.1, -0.05) is 26.0 Å². The van der Waals surface area contributed by atoms with Crippen molar-refractivity contribution in [3.05, 3.63) is 71.3 Å². The van der Waals surface area contributed by atoms with Crippen LogP contribution in [-0.2, 0) is 6.54 Å². The standard InChI is InChI=1S/C20H19N5OS/c1-13(2)20-24-17-8-7-16(9-18(17)27-20)23-19(26)15-5-3-14(4-6-15)10-25-12-21-11-22-25/h3-9,11-13H,10H2,1-2H3,(H,23,26). The van der Waals surface area contributed by atoms with Gasteiger partial charge >= 0.3 is 0 Å². The zero-order chi connectivity index (χ0) is 18.8. The highest BCUT2D eigenvalue weighted by Gasteiger charge is 2.10. The lowest BCUT2D eigenvalue weighted by molar-refractivity contribution is 0.102. The lowest BCUT2D eigenvalue weighted by atomic mass is 10.1. The first-order chi connectivity index (χ1) is 13.1. The van der Waals surface area contributed by atoms with Crippen LogP contribution >= 0.6 is 11.3 Å². The fraction of sp³-hybridized carbons (Fsp3) is 0.200. The topological polar surface area (TPSA) is 72.7 Å². The van der Waals surface area contributed by atoms with Crippen molar-refractivity contribution in [1.29, 1.82) is 0 Å². The van der Waals surface area contributed by atoms with Gasteiger partial charge in [-0.25, -0.2) is 14.6 Å². The Morgan fingerprint density at radius 1 is 1.19 bits per heavy atom. The van der Waals surface area contributed by atoms with E-state index in [1.165, 1.54) is 6.33 Å². The van der Waals surface area contributed by atoms with E-state index in [1.54, 1.807) is 22.3 Å². The molecule has 0 spiro atoms. The maximum Gasteiger partial charge on any atom is 0.255 e. The van der Waals surface area contributed by atoms with Crippen LogP contribution in [-0.4, -0.2) is 25.7 Å². The Morgan fingerprint density at radius 2 is 2.00 bits per heavy atom. The summed E-state index contributed by atoms with van der Waals surface area (Å²) in [5.41, 5.74) is 3.42. The molecule has 0 unspecified atom stereocenters. The molecule has 7 heteroatoms. The molecule has 4 rings (SSSR count). The number of nitrogens with one attached hydrogen (secondary N) is 1. The Labute approximate surface area is 160 Å². The van der Waals surface area contributed by atoms with E-state index in [2.05, 4.69) is 34.2 Å². The molecular formula is C20H19N5OS. The number of hydrogen-bond acceptors (Lipinski definition) is 5. The largest absolute Gasteiger partial charge is 0.322 e. The van der Waals surface area contributed by atoms with Crippen LogP contribution in [0.25, 0.3) is 10.2 Å². The van der Waals surface area contributed by atoms with Crippen molar-refractivity contribution in [2.45, 2.75) is 26.3 Å². The second kappa shape index (κ2) is 7.28. The minimum Gasteiger partial charge on any atom is -0.322 e. The van der Waals surface area contributed by atoms with E-state index in [0.717, 1.165) is 26.5 Å². The molecule has 2 aromatic carbocycles. The van der Waals surface area contributed by atoms with Gasteiger partial charge in [-0.05, 0) is 35.9 Å². The number of thiazole rings is 1. The molecule has 4 aromatic rings. The molecule has 27 heavy (non-hydrogen) atoms. The molecule has 2 heterocycles. The van der Waals surface area contributed by atoms with Gasteiger partial charge in [0.15, 0.2) is 0 Å². The maximum atomic E-state index is 12.5. The van der Waals surface area contributed by atoms with Gasteiger partial charge in [0.05, 0.1) is 21.8 Å². The average molecular weight is 377 g/mol. The van der Waals surface area contributed by atoms with Gasteiger partial charge in [-0.2, -0.15) is 5.10 Å². The molecule has 6 nitrogen and oxygen atoms in total. The van der Waals surface area contributed by atoms with Gasteiger partial charge < -0.3 is 5.32 Å². The number of nitrogens with zero attached hydrogens (tertiary/aromatic N) is 4. The molecule has 0 saturated carbocycles. The van der Waals surface area contributed by atoms with E-state index in [4.69, 9.17) is 0 Å². The molecule has 0 bridgehead atoms. The van der Waals surface area contributed by atoms with Gasteiger partial charge in [-0.15, -0.1) is 11.3 Å². The second-order valence-electron chi connectivity index (χ2n) is 6.63. The summed E-state index contributed by atoms with van der Waals surface area (Å²) < 4.78 is 2.82. The first-order valence-electron chi connectivity index (χ1n) is 8.71.